The lowest BCUT2D eigenvalue weighted by Crippen LogP contribution is -2.43. The fourth-order valence-corrected chi connectivity index (χ4v) is 1.43. The van der Waals surface area contributed by atoms with E-state index in [9.17, 15) is 9.59 Å². The van der Waals surface area contributed by atoms with Gasteiger partial charge in [-0.1, -0.05) is 0 Å². The number of hydrogen-bond acceptors (Lipinski definition) is 5. The maximum Gasteiger partial charge on any atom is 0.407 e. The Labute approximate surface area is 107 Å². The summed E-state index contributed by atoms with van der Waals surface area (Å²) in [6, 6.07) is 0. The van der Waals surface area contributed by atoms with Crippen LogP contribution < -0.4 is 11.1 Å². The van der Waals surface area contributed by atoms with Crippen LogP contribution in [0.2, 0.25) is 0 Å². The fourth-order valence-electron chi connectivity index (χ4n) is 1.43. The van der Waals surface area contributed by atoms with Crippen LogP contribution in [-0.2, 0) is 14.3 Å². The van der Waals surface area contributed by atoms with Gasteiger partial charge in [-0.15, -0.1) is 12.4 Å². The number of amides is 1. The predicted octanol–water partition coefficient (Wildman–Crippen LogP) is 0.577. The Balaban J connectivity index is 0.00000256. The van der Waals surface area contributed by atoms with Gasteiger partial charge in [-0.2, -0.15) is 0 Å². The Morgan fingerprint density at radius 3 is 2.76 bits per heavy atom. The number of carbonyl (C=O) groups is 2. The third-order valence-corrected chi connectivity index (χ3v) is 2.42. The molecule has 1 aliphatic heterocycles. The molecule has 1 fully saturated rings. The molecule has 1 rings (SSSR count). The number of nitrogens with one attached hydrogen (secondary N) is 1. The highest BCUT2D eigenvalue weighted by atomic mass is 35.5. The molecule has 1 atom stereocenters. The smallest absolute Gasteiger partial charge is 0.407 e. The Bertz CT molecular complexity index is 283. The van der Waals surface area contributed by atoms with E-state index in [1.54, 1.807) is 13.8 Å². The van der Waals surface area contributed by atoms with E-state index in [0.29, 0.717) is 19.5 Å². The van der Waals surface area contributed by atoms with Crippen molar-refractivity contribution in [2.75, 3.05) is 13.1 Å². The zero-order chi connectivity index (χ0) is 12.2. The Hall–Kier alpha value is -1.01. The summed E-state index contributed by atoms with van der Waals surface area (Å²) >= 11 is 0. The van der Waals surface area contributed by atoms with E-state index < -0.39 is 17.8 Å². The third-order valence-electron chi connectivity index (χ3n) is 2.42. The minimum absolute atomic E-state index is 0. The minimum atomic E-state index is -0.815. The molecule has 0 saturated carbocycles. The molecule has 6 nitrogen and oxygen atoms in total. The quantitative estimate of drug-likeness (QED) is 0.710. The second-order valence-corrected chi connectivity index (χ2v) is 4.24. The number of hydrogen-bond donors (Lipinski definition) is 2. The molecule has 1 heterocycles. The van der Waals surface area contributed by atoms with Crippen molar-refractivity contribution in [3.8, 4) is 0 Å². The summed E-state index contributed by atoms with van der Waals surface area (Å²) in [7, 11) is 0. The van der Waals surface area contributed by atoms with Crippen molar-refractivity contribution in [1.29, 1.82) is 0 Å². The summed E-state index contributed by atoms with van der Waals surface area (Å²) in [5.41, 5.74) is 4.48. The van der Waals surface area contributed by atoms with Crippen LogP contribution in [0.5, 0.6) is 0 Å². The molecule has 7 heteroatoms. The summed E-state index contributed by atoms with van der Waals surface area (Å²) in [5, 5.41) is 2.52. The van der Waals surface area contributed by atoms with Crippen molar-refractivity contribution in [3.05, 3.63) is 0 Å². The molecule has 0 aromatic heterocycles. The molecule has 0 bridgehead atoms. The molecular weight excluding hydrogens is 248 g/mol. The maximum absolute atomic E-state index is 11.4. The molecule has 0 unspecified atom stereocenters. The van der Waals surface area contributed by atoms with Gasteiger partial charge in [0.05, 0.1) is 6.54 Å². The van der Waals surface area contributed by atoms with E-state index in [0.717, 1.165) is 0 Å². The van der Waals surface area contributed by atoms with Crippen LogP contribution >= 0.6 is 12.4 Å². The van der Waals surface area contributed by atoms with E-state index in [1.807, 2.05) is 0 Å². The lowest BCUT2D eigenvalue weighted by Gasteiger charge is -2.29. The van der Waals surface area contributed by atoms with Crippen molar-refractivity contribution < 1.29 is 19.1 Å². The summed E-state index contributed by atoms with van der Waals surface area (Å²) in [6.07, 6.45) is -0.0380. The first kappa shape index (κ1) is 16.0. The number of ether oxygens (including phenoxy) is 2. The van der Waals surface area contributed by atoms with Crippen LogP contribution in [0.4, 0.5) is 4.79 Å². The van der Waals surface area contributed by atoms with E-state index >= 15 is 0 Å². The van der Waals surface area contributed by atoms with Crippen LogP contribution in [0, 0.1) is 0 Å². The number of rotatable bonds is 5. The molecule has 1 saturated heterocycles. The van der Waals surface area contributed by atoms with Crippen LogP contribution in [-0.4, -0.2) is 36.9 Å². The molecule has 0 aliphatic carbocycles. The SMILES string of the molecule is CC(C)(OC(=O)CCCN)[C@@H]1CNC(=O)O1.Cl. The van der Waals surface area contributed by atoms with Gasteiger partial charge in [0.1, 0.15) is 5.60 Å². The number of cyclic esters (lactones) is 1. The third kappa shape index (κ3) is 4.79. The zero-order valence-corrected chi connectivity index (χ0v) is 10.8. The summed E-state index contributed by atoms with van der Waals surface area (Å²) in [5.74, 6) is -0.321. The Morgan fingerprint density at radius 1 is 1.65 bits per heavy atom. The molecule has 3 N–H and O–H groups in total. The topological polar surface area (TPSA) is 90.6 Å². The lowest BCUT2D eigenvalue weighted by atomic mass is 10.0. The van der Waals surface area contributed by atoms with Gasteiger partial charge in [0.25, 0.3) is 0 Å². The molecule has 0 spiro atoms. The van der Waals surface area contributed by atoms with Gasteiger partial charge in [-0.05, 0) is 26.8 Å². The monoisotopic (exact) mass is 266 g/mol. The largest absolute Gasteiger partial charge is 0.456 e. The first-order chi connectivity index (χ1) is 7.45. The average Bonchev–Trinajstić information content (AvgIpc) is 2.62. The van der Waals surface area contributed by atoms with Crippen LogP contribution in [0.25, 0.3) is 0 Å². The second kappa shape index (κ2) is 6.66. The Kier molecular flexibility index (Phi) is 6.26. The van der Waals surface area contributed by atoms with Gasteiger partial charge in [-0.3, -0.25) is 4.79 Å². The average molecular weight is 267 g/mol. The number of halogens is 1. The van der Waals surface area contributed by atoms with Crippen molar-refractivity contribution in [2.45, 2.75) is 38.4 Å². The summed E-state index contributed by atoms with van der Waals surface area (Å²) in [6.45, 7) is 4.25. The summed E-state index contributed by atoms with van der Waals surface area (Å²) < 4.78 is 10.2. The van der Waals surface area contributed by atoms with Gasteiger partial charge in [0.2, 0.25) is 0 Å². The van der Waals surface area contributed by atoms with Gasteiger partial charge in [-0.25, -0.2) is 4.79 Å². The predicted molar refractivity (Wildman–Crippen MR) is 64.0 cm³/mol. The molecule has 0 radical (unpaired) electrons. The van der Waals surface area contributed by atoms with Crippen LogP contribution in [0.1, 0.15) is 26.7 Å². The standard InChI is InChI=1S/C10H18N2O4.ClH/c1-10(2,7-6-12-9(14)15-7)16-8(13)4-3-5-11;/h7H,3-6,11H2,1-2H3,(H,12,14);1H/t7-;/m0./s1. The number of alkyl carbamates (subject to hydrolysis) is 1. The maximum atomic E-state index is 11.4. The fraction of sp³-hybridized carbons (Fsp3) is 0.800. The molecule has 17 heavy (non-hydrogen) atoms. The first-order valence-electron chi connectivity index (χ1n) is 5.32. The highest BCUT2D eigenvalue weighted by Crippen LogP contribution is 2.21. The van der Waals surface area contributed by atoms with Gasteiger partial charge < -0.3 is 20.5 Å². The normalized spacial score (nSPS) is 19.0. The van der Waals surface area contributed by atoms with Crippen molar-refractivity contribution in [2.24, 2.45) is 5.73 Å². The Morgan fingerprint density at radius 2 is 2.29 bits per heavy atom. The van der Waals surface area contributed by atoms with E-state index in [-0.39, 0.29) is 24.8 Å². The van der Waals surface area contributed by atoms with Crippen molar-refractivity contribution >= 4 is 24.5 Å². The number of carbonyl (C=O) groups excluding carboxylic acids is 2. The van der Waals surface area contributed by atoms with Crippen molar-refractivity contribution in [1.82, 2.24) is 5.32 Å². The molecule has 1 aliphatic rings. The highest BCUT2D eigenvalue weighted by molar-refractivity contribution is 5.85. The number of esters is 1. The minimum Gasteiger partial charge on any atom is -0.456 e. The zero-order valence-electron chi connectivity index (χ0n) is 10.0. The van der Waals surface area contributed by atoms with E-state index in [4.69, 9.17) is 15.2 Å². The number of nitrogens with two attached hydrogens (primary N) is 1. The van der Waals surface area contributed by atoms with Gasteiger partial charge in [0.15, 0.2) is 6.10 Å². The van der Waals surface area contributed by atoms with Gasteiger partial charge in [0, 0.05) is 6.42 Å². The molecule has 1 amide bonds. The van der Waals surface area contributed by atoms with Crippen molar-refractivity contribution in [3.63, 3.8) is 0 Å². The molecular formula is C10H19ClN2O4. The molecule has 0 aromatic carbocycles. The lowest BCUT2D eigenvalue weighted by molar-refractivity contribution is -0.165. The summed E-state index contributed by atoms with van der Waals surface area (Å²) in [4.78, 5) is 22.3. The van der Waals surface area contributed by atoms with Gasteiger partial charge >= 0.3 is 12.1 Å². The second-order valence-electron chi connectivity index (χ2n) is 4.24. The molecule has 0 aromatic rings. The highest BCUT2D eigenvalue weighted by Gasteiger charge is 2.40. The first-order valence-corrected chi connectivity index (χ1v) is 5.32. The molecule has 100 valence electrons. The van der Waals surface area contributed by atoms with Crippen LogP contribution in [0.15, 0.2) is 0 Å². The van der Waals surface area contributed by atoms with Crippen LogP contribution in [0.3, 0.4) is 0 Å². The van der Waals surface area contributed by atoms with E-state index in [2.05, 4.69) is 5.32 Å². The van der Waals surface area contributed by atoms with E-state index in [1.165, 1.54) is 0 Å².